The summed E-state index contributed by atoms with van der Waals surface area (Å²) >= 11 is 1.76. The quantitative estimate of drug-likeness (QED) is 0.470. The fourth-order valence-electron chi connectivity index (χ4n) is 1.36. The van der Waals surface area contributed by atoms with E-state index in [2.05, 4.69) is 41.2 Å². The summed E-state index contributed by atoms with van der Waals surface area (Å²) in [5, 5.41) is 15.0. The molecule has 0 aromatic heterocycles. The number of aliphatic hydroxyl groups excluding tert-OH is 1. The molecule has 0 saturated heterocycles. The topological polar surface area (TPSA) is 44.3 Å². The van der Waals surface area contributed by atoms with E-state index in [4.69, 9.17) is 5.11 Å². The molecule has 1 aromatic rings. The minimum absolute atomic E-state index is 0.205. The van der Waals surface area contributed by atoms with Gasteiger partial charge >= 0.3 is 0 Å². The molecule has 0 unspecified atom stereocenters. The van der Waals surface area contributed by atoms with E-state index in [0.29, 0.717) is 6.54 Å². The fraction of sp³-hybridized carbons (Fsp3) is 0.500. The number of rotatable bonds is 8. The maximum absolute atomic E-state index is 8.57. The molecule has 0 radical (unpaired) electrons. The lowest BCUT2D eigenvalue weighted by Gasteiger charge is -2.06. The first-order chi connectivity index (χ1) is 7.86. The molecular weight excluding hydrogens is 220 g/mol. The van der Waals surface area contributed by atoms with Crippen LogP contribution in [0, 0.1) is 0 Å². The van der Waals surface area contributed by atoms with Gasteiger partial charge in [-0.1, -0.05) is 12.1 Å². The average molecular weight is 240 g/mol. The van der Waals surface area contributed by atoms with E-state index < -0.39 is 0 Å². The highest BCUT2D eigenvalue weighted by Crippen LogP contribution is 2.14. The lowest BCUT2D eigenvalue weighted by molar-refractivity contribution is 0.292. The van der Waals surface area contributed by atoms with Crippen LogP contribution in [0.1, 0.15) is 5.56 Å². The molecule has 0 aliphatic heterocycles. The third-order valence-corrected chi connectivity index (χ3v) is 3.00. The second kappa shape index (κ2) is 8.58. The van der Waals surface area contributed by atoms with Crippen molar-refractivity contribution in [3.05, 3.63) is 29.8 Å². The van der Waals surface area contributed by atoms with Gasteiger partial charge in [0.1, 0.15) is 0 Å². The number of benzene rings is 1. The molecule has 1 aromatic carbocycles. The number of nitrogens with one attached hydrogen (secondary N) is 2. The summed E-state index contributed by atoms with van der Waals surface area (Å²) in [6.07, 6.45) is 2.08. The number of thioether (sulfide) groups is 1. The van der Waals surface area contributed by atoms with Crippen molar-refractivity contribution in [1.82, 2.24) is 10.6 Å². The molecule has 16 heavy (non-hydrogen) atoms. The Balaban J connectivity index is 2.12. The minimum Gasteiger partial charge on any atom is -0.395 e. The monoisotopic (exact) mass is 240 g/mol. The van der Waals surface area contributed by atoms with E-state index in [1.165, 1.54) is 10.5 Å². The van der Waals surface area contributed by atoms with E-state index in [1.807, 2.05) is 0 Å². The van der Waals surface area contributed by atoms with Crippen molar-refractivity contribution in [2.75, 3.05) is 32.5 Å². The molecule has 0 aliphatic carbocycles. The third kappa shape index (κ3) is 5.51. The van der Waals surface area contributed by atoms with Gasteiger partial charge in [0, 0.05) is 31.1 Å². The summed E-state index contributed by atoms with van der Waals surface area (Å²) in [7, 11) is 0. The average Bonchev–Trinajstić information content (AvgIpc) is 2.34. The first-order valence-corrected chi connectivity index (χ1v) is 6.74. The van der Waals surface area contributed by atoms with Gasteiger partial charge in [-0.05, 0) is 24.0 Å². The predicted molar refractivity (Wildman–Crippen MR) is 69.9 cm³/mol. The van der Waals surface area contributed by atoms with Gasteiger partial charge in [-0.2, -0.15) is 0 Å². The van der Waals surface area contributed by atoms with E-state index in [1.54, 1.807) is 11.8 Å². The molecular formula is C12H20N2OS. The van der Waals surface area contributed by atoms with Crippen LogP contribution >= 0.6 is 11.8 Å². The number of aliphatic hydroxyl groups is 1. The number of hydrogen-bond donors (Lipinski definition) is 3. The number of hydrogen-bond acceptors (Lipinski definition) is 4. The Morgan fingerprint density at radius 3 is 2.38 bits per heavy atom. The molecule has 0 amide bonds. The van der Waals surface area contributed by atoms with Crippen LogP contribution in [0.25, 0.3) is 0 Å². The normalized spacial score (nSPS) is 10.6. The first kappa shape index (κ1) is 13.5. The molecule has 0 heterocycles. The second-order valence-electron chi connectivity index (χ2n) is 3.50. The molecule has 3 nitrogen and oxygen atoms in total. The predicted octanol–water partition coefficient (Wildman–Crippen LogP) is 1.08. The second-order valence-corrected chi connectivity index (χ2v) is 4.38. The van der Waals surface area contributed by atoms with Crippen molar-refractivity contribution >= 4 is 11.8 Å². The van der Waals surface area contributed by atoms with E-state index >= 15 is 0 Å². The molecule has 3 N–H and O–H groups in total. The lowest BCUT2D eigenvalue weighted by atomic mass is 10.2. The molecule has 4 heteroatoms. The summed E-state index contributed by atoms with van der Waals surface area (Å²) in [5.74, 6) is 0. The standard InChI is InChI=1S/C12H20N2OS/c1-16-12-4-2-11(3-5-12)10-14-7-6-13-8-9-15/h2-5,13-15H,6-10H2,1H3. The largest absolute Gasteiger partial charge is 0.395 e. The van der Waals surface area contributed by atoms with Crippen LogP contribution in [0.4, 0.5) is 0 Å². The molecule has 90 valence electrons. The van der Waals surface area contributed by atoms with E-state index in [-0.39, 0.29) is 6.61 Å². The van der Waals surface area contributed by atoms with E-state index in [9.17, 15) is 0 Å². The van der Waals surface area contributed by atoms with Crippen LogP contribution in [-0.2, 0) is 6.54 Å². The van der Waals surface area contributed by atoms with Gasteiger partial charge in [-0.25, -0.2) is 0 Å². The zero-order chi connectivity index (χ0) is 11.6. The fourth-order valence-corrected chi connectivity index (χ4v) is 1.77. The van der Waals surface area contributed by atoms with Crippen LogP contribution in [0.15, 0.2) is 29.2 Å². The minimum atomic E-state index is 0.205. The highest BCUT2D eigenvalue weighted by Gasteiger charge is 1.93. The van der Waals surface area contributed by atoms with Gasteiger partial charge in [0.25, 0.3) is 0 Å². The third-order valence-electron chi connectivity index (χ3n) is 2.26. The van der Waals surface area contributed by atoms with Gasteiger partial charge in [0.2, 0.25) is 0 Å². The molecule has 0 bridgehead atoms. The summed E-state index contributed by atoms with van der Waals surface area (Å²) < 4.78 is 0. The maximum atomic E-state index is 8.57. The first-order valence-electron chi connectivity index (χ1n) is 5.52. The molecule has 1 rings (SSSR count). The highest BCUT2D eigenvalue weighted by atomic mass is 32.2. The highest BCUT2D eigenvalue weighted by molar-refractivity contribution is 7.98. The molecule has 0 saturated carbocycles. The van der Waals surface area contributed by atoms with Crippen LogP contribution in [0.3, 0.4) is 0 Å². The van der Waals surface area contributed by atoms with Crippen molar-refractivity contribution in [2.45, 2.75) is 11.4 Å². The Kier molecular flexibility index (Phi) is 7.25. The van der Waals surface area contributed by atoms with Crippen molar-refractivity contribution in [2.24, 2.45) is 0 Å². The van der Waals surface area contributed by atoms with Gasteiger partial charge in [0.05, 0.1) is 6.61 Å². The van der Waals surface area contributed by atoms with Crippen molar-refractivity contribution in [3.63, 3.8) is 0 Å². The molecule has 0 aliphatic rings. The van der Waals surface area contributed by atoms with Crippen molar-refractivity contribution < 1.29 is 5.11 Å². The lowest BCUT2D eigenvalue weighted by Crippen LogP contribution is -2.28. The summed E-state index contributed by atoms with van der Waals surface area (Å²) in [6, 6.07) is 8.59. The Labute approximate surface area is 102 Å². The SMILES string of the molecule is CSc1ccc(CNCCNCCO)cc1. The van der Waals surface area contributed by atoms with Crippen LogP contribution in [0.2, 0.25) is 0 Å². The Morgan fingerprint density at radius 1 is 1.06 bits per heavy atom. The zero-order valence-corrected chi connectivity index (χ0v) is 10.5. The van der Waals surface area contributed by atoms with Crippen LogP contribution in [0.5, 0.6) is 0 Å². The Bertz CT molecular complexity index is 277. The Morgan fingerprint density at radius 2 is 1.75 bits per heavy atom. The van der Waals surface area contributed by atoms with Crippen LogP contribution in [-0.4, -0.2) is 37.6 Å². The van der Waals surface area contributed by atoms with E-state index in [0.717, 1.165) is 19.6 Å². The van der Waals surface area contributed by atoms with Gasteiger partial charge in [-0.3, -0.25) is 0 Å². The molecule has 0 atom stereocenters. The maximum Gasteiger partial charge on any atom is 0.0555 e. The smallest absolute Gasteiger partial charge is 0.0555 e. The molecule has 0 fully saturated rings. The summed E-state index contributed by atoms with van der Waals surface area (Å²) in [5.41, 5.74) is 1.31. The molecule has 0 spiro atoms. The summed E-state index contributed by atoms with van der Waals surface area (Å²) in [4.78, 5) is 1.30. The summed E-state index contributed by atoms with van der Waals surface area (Å²) in [6.45, 7) is 3.59. The van der Waals surface area contributed by atoms with Gasteiger partial charge < -0.3 is 15.7 Å². The zero-order valence-electron chi connectivity index (χ0n) is 9.70. The van der Waals surface area contributed by atoms with Gasteiger partial charge in [-0.15, -0.1) is 11.8 Å². The van der Waals surface area contributed by atoms with Crippen molar-refractivity contribution in [1.29, 1.82) is 0 Å². The van der Waals surface area contributed by atoms with Crippen LogP contribution < -0.4 is 10.6 Å². The van der Waals surface area contributed by atoms with Crippen molar-refractivity contribution in [3.8, 4) is 0 Å². The Hall–Kier alpha value is -0.550. The van der Waals surface area contributed by atoms with Gasteiger partial charge in [0.15, 0.2) is 0 Å².